The van der Waals surface area contributed by atoms with Gasteiger partial charge in [0.05, 0.1) is 10.2 Å². The van der Waals surface area contributed by atoms with E-state index in [1.54, 1.807) is 31.3 Å². The summed E-state index contributed by atoms with van der Waals surface area (Å²) in [6.45, 7) is 1.66. The highest BCUT2D eigenvalue weighted by molar-refractivity contribution is 9.11. The largest absolute Gasteiger partial charge is 0.480 e. The van der Waals surface area contributed by atoms with Gasteiger partial charge in [-0.15, -0.1) is 0 Å². The van der Waals surface area contributed by atoms with Crippen LogP contribution in [0.15, 0.2) is 45.5 Å². The van der Waals surface area contributed by atoms with Crippen LogP contribution in [0.3, 0.4) is 0 Å². The molecule has 1 N–H and O–H groups in total. The fraction of sp³-hybridized carbons (Fsp3) is 0.143. The number of anilines is 1. The Morgan fingerprint density at radius 1 is 1.38 bits per heavy atom. The quantitative estimate of drug-likeness (QED) is 0.712. The van der Waals surface area contributed by atoms with Gasteiger partial charge in [-0.1, -0.05) is 27.5 Å². The first kappa shape index (κ1) is 16.3. The molecule has 1 aromatic carbocycles. The smallest absolute Gasteiger partial charge is 0.265 e. The Morgan fingerprint density at radius 3 is 2.81 bits per heavy atom. The number of amides is 1. The predicted octanol–water partition coefficient (Wildman–Crippen LogP) is 4.67. The molecule has 0 aliphatic heterocycles. The van der Waals surface area contributed by atoms with Crippen molar-refractivity contribution in [1.82, 2.24) is 4.98 Å². The zero-order chi connectivity index (χ0) is 15.4. The highest BCUT2D eigenvalue weighted by atomic mass is 79.9. The van der Waals surface area contributed by atoms with E-state index < -0.39 is 6.10 Å². The molecule has 110 valence electrons. The fourth-order valence-corrected chi connectivity index (χ4v) is 2.84. The monoisotopic (exact) mass is 432 g/mol. The van der Waals surface area contributed by atoms with Crippen molar-refractivity contribution >= 4 is 55.1 Å². The van der Waals surface area contributed by atoms with Crippen LogP contribution in [0.5, 0.6) is 5.75 Å². The number of carbonyl (C=O) groups excluding carboxylic acids is 1. The van der Waals surface area contributed by atoms with E-state index in [1.165, 1.54) is 0 Å². The van der Waals surface area contributed by atoms with Crippen molar-refractivity contribution in [2.75, 3.05) is 5.32 Å². The van der Waals surface area contributed by atoms with Crippen molar-refractivity contribution in [1.29, 1.82) is 0 Å². The first-order valence-corrected chi connectivity index (χ1v) is 7.97. The number of hydrogen-bond donors (Lipinski definition) is 1. The summed E-state index contributed by atoms with van der Waals surface area (Å²) in [7, 11) is 0. The number of pyridine rings is 1. The number of hydrogen-bond acceptors (Lipinski definition) is 3. The van der Waals surface area contributed by atoms with Crippen LogP contribution >= 0.6 is 43.5 Å². The summed E-state index contributed by atoms with van der Waals surface area (Å²) in [6, 6.07) is 8.82. The first-order valence-electron chi connectivity index (χ1n) is 6.00. The minimum absolute atomic E-state index is 0.239. The number of aromatic nitrogens is 1. The minimum Gasteiger partial charge on any atom is -0.480 e. The highest BCUT2D eigenvalue weighted by Gasteiger charge is 2.17. The zero-order valence-corrected chi connectivity index (χ0v) is 14.9. The van der Waals surface area contributed by atoms with Crippen molar-refractivity contribution < 1.29 is 9.53 Å². The zero-order valence-electron chi connectivity index (χ0n) is 10.9. The molecule has 4 nitrogen and oxygen atoms in total. The Labute approximate surface area is 144 Å². The van der Waals surface area contributed by atoms with E-state index in [2.05, 4.69) is 42.2 Å². The average Bonchev–Trinajstić information content (AvgIpc) is 2.44. The molecule has 21 heavy (non-hydrogen) atoms. The van der Waals surface area contributed by atoms with E-state index >= 15 is 0 Å². The van der Waals surface area contributed by atoms with Gasteiger partial charge in [-0.2, -0.15) is 0 Å². The van der Waals surface area contributed by atoms with Crippen LogP contribution in [0, 0.1) is 0 Å². The van der Waals surface area contributed by atoms with Crippen molar-refractivity contribution in [2.24, 2.45) is 0 Å². The molecule has 0 saturated heterocycles. The van der Waals surface area contributed by atoms with Gasteiger partial charge in [0, 0.05) is 10.7 Å². The van der Waals surface area contributed by atoms with Crippen LogP contribution in [-0.4, -0.2) is 17.0 Å². The second-order valence-corrected chi connectivity index (χ2v) is 6.29. The van der Waals surface area contributed by atoms with Crippen LogP contribution in [0.1, 0.15) is 6.92 Å². The maximum Gasteiger partial charge on any atom is 0.265 e. The summed E-state index contributed by atoms with van der Waals surface area (Å²) in [5.74, 6) is 0.276. The van der Waals surface area contributed by atoms with E-state index in [9.17, 15) is 4.79 Å². The number of benzene rings is 1. The third kappa shape index (κ3) is 4.43. The standard InChI is InChI=1S/C14H11Br2ClN2O2/c1-8(21-12-5-4-9(15)7-10(12)16)14(20)19-11-3-2-6-18-13(11)17/h2-8H,1H3,(H,19,20)/t8-/m0/s1. The topological polar surface area (TPSA) is 51.2 Å². The third-order valence-corrected chi connectivity index (χ3v) is 4.00. The number of nitrogens with one attached hydrogen (secondary N) is 1. The van der Waals surface area contributed by atoms with Gasteiger partial charge in [0.25, 0.3) is 5.91 Å². The Bertz CT molecular complexity index is 667. The van der Waals surface area contributed by atoms with Gasteiger partial charge < -0.3 is 10.1 Å². The summed E-state index contributed by atoms with van der Waals surface area (Å²) in [4.78, 5) is 16.0. The van der Waals surface area contributed by atoms with Gasteiger partial charge in [-0.3, -0.25) is 4.79 Å². The molecule has 0 fully saturated rings. The van der Waals surface area contributed by atoms with Crippen molar-refractivity contribution in [3.05, 3.63) is 50.6 Å². The molecule has 1 heterocycles. The highest BCUT2D eigenvalue weighted by Crippen LogP contribution is 2.29. The lowest BCUT2D eigenvalue weighted by atomic mass is 10.3. The van der Waals surface area contributed by atoms with E-state index in [4.69, 9.17) is 16.3 Å². The molecular formula is C14H11Br2ClN2O2. The lowest BCUT2D eigenvalue weighted by Crippen LogP contribution is -2.30. The molecule has 0 aliphatic rings. The van der Waals surface area contributed by atoms with E-state index in [-0.39, 0.29) is 11.1 Å². The third-order valence-electron chi connectivity index (χ3n) is 2.58. The molecule has 1 amide bonds. The summed E-state index contributed by atoms with van der Waals surface area (Å²) < 4.78 is 7.31. The van der Waals surface area contributed by atoms with E-state index in [0.29, 0.717) is 11.4 Å². The van der Waals surface area contributed by atoms with Crippen LogP contribution < -0.4 is 10.1 Å². The number of rotatable bonds is 4. The maximum absolute atomic E-state index is 12.1. The SMILES string of the molecule is C[C@H](Oc1ccc(Br)cc1Br)C(=O)Nc1cccnc1Cl. The number of nitrogens with zero attached hydrogens (tertiary/aromatic N) is 1. The van der Waals surface area contributed by atoms with Crippen LogP contribution in [-0.2, 0) is 4.79 Å². The average molecular weight is 435 g/mol. The molecule has 0 unspecified atom stereocenters. The molecule has 2 aromatic rings. The summed E-state index contributed by atoms with van der Waals surface area (Å²) in [6.07, 6.45) is 0.871. The number of ether oxygens (including phenoxy) is 1. The second-order valence-electron chi connectivity index (χ2n) is 4.17. The second kappa shape index (κ2) is 7.24. The summed E-state index contributed by atoms with van der Waals surface area (Å²) in [5, 5.41) is 2.92. The lowest BCUT2D eigenvalue weighted by molar-refractivity contribution is -0.122. The summed E-state index contributed by atoms with van der Waals surface area (Å²) >= 11 is 12.6. The van der Waals surface area contributed by atoms with Crippen LogP contribution in [0.2, 0.25) is 5.15 Å². The molecular weight excluding hydrogens is 423 g/mol. The van der Waals surface area contributed by atoms with Crippen molar-refractivity contribution in [3.63, 3.8) is 0 Å². The van der Waals surface area contributed by atoms with Gasteiger partial charge >= 0.3 is 0 Å². The normalized spacial score (nSPS) is 11.8. The molecule has 1 atom stereocenters. The predicted molar refractivity (Wildman–Crippen MR) is 89.8 cm³/mol. The Morgan fingerprint density at radius 2 is 2.14 bits per heavy atom. The van der Waals surface area contributed by atoms with Crippen LogP contribution in [0.4, 0.5) is 5.69 Å². The molecule has 2 rings (SSSR count). The van der Waals surface area contributed by atoms with Gasteiger partial charge in [0.1, 0.15) is 5.75 Å². The molecule has 7 heteroatoms. The van der Waals surface area contributed by atoms with Gasteiger partial charge in [0.15, 0.2) is 11.3 Å². The summed E-state index contributed by atoms with van der Waals surface area (Å²) in [5.41, 5.74) is 0.453. The molecule has 0 bridgehead atoms. The first-order chi connectivity index (χ1) is 9.97. The Hall–Kier alpha value is -1.11. The fourth-order valence-electron chi connectivity index (χ4n) is 1.53. The Balaban J connectivity index is 2.04. The molecule has 1 aromatic heterocycles. The van der Waals surface area contributed by atoms with E-state index in [0.717, 1.165) is 8.95 Å². The van der Waals surface area contributed by atoms with Crippen molar-refractivity contribution in [3.8, 4) is 5.75 Å². The molecule has 0 spiro atoms. The number of halogens is 3. The lowest BCUT2D eigenvalue weighted by Gasteiger charge is -2.16. The van der Waals surface area contributed by atoms with E-state index in [1.807, 2.05) is 12.1 Å². The minimum atomic E-state index is -0.682. The Kier molecular flexibility index (Phi) is 5.61. The maximum atomic E-state index is 12.1. The van der Waals surface area contributed by atoms with Crippen molar-refractivity contribution in [2.45, 2.75) is 13.0 Å². The molecule has 0 radical (unpaired) electrons. The molecule has 0 aliphatic carbocycles. The molecule has 0 saturated carbocycles. The van der Waals surface area contributed by atoms with Gasteiger partial charge in [-0.25, -0.2) is 4.98 Å². The number of carbonyl (C=O) groups is 1. The van der Waals surface area contributed by atoms with Gasteiger partial charge in [0.2, 0.25) is 0 Å². The van der Waals surface area contributed by atoms with Gasteiger partial charge in [-0.05, 0) is 53.2 Å². The van der Waals surface area contributed by atoms with Crippen LogP contribution in [0.25, 0.3) is 0 Å².